The summed E-state index contributed by atoms with van der Waals surface area (Å²) >= 11 is 0. The van der Waals surface area contributed by atoms with E-state index in [1.165, 1.54) is 6.07 Å². The molecule has 3 aromatic rings. The zero-order valence-corrected chi connectivity index (χ0v) is 18.3. The Morgan fingerprint density at radius 3 is 2.41 bits per heavy atom. The van der Waals surface area contributed by atoms with E-state index >= 15 is 0 Å². The fourth-order valence-electron chi connectivity index (χ4n) is 3.03. The number of carbonyl (C=O) groups excluding carboxylic acids is 2. The van der Waals surface area contributed by atoms with Crippen molar-refractivity contribution < 1.29 is 23.2 Å². The van der Waals surface area contributed by atoms with Crippen LogP contribution in [-0.2, 0) is 17.8 Å². The van der Waals surface area contributed by atoms with Crippen LogP contribution in [0.3, 0.4) is 0 Å². The molecule has 0 radical (unpaired) electrons. The number of amides is 2. The van der Waals surface area contributed by atoms with Crippen molar-refractivity contribution in [1.29, 1.82) is 0 Å². The van der Waals surface area contributed by atoms with Gasteiger partial charge in [0.25, 0.3) is 5.91 Å². The fourth-order valence-corrected chi connectivity index (χ4v) is 3.03. The summed E-state index contributed by atoms with van der Waals surface area (Å²) in [6.45, 7) is 6.22. The Morgan fingerprint density at radius 2 is 1.75 bits per heavy atom. The summed E-state index contributed by atoms with van der Waals surface area (Å²) in [4.78, 5) is 24.2. The van der Waals surface area contributed by atoms with Crippen molar-refractivity contribution in [3.63, 3.8) is 0 Å². The van der Waals surface area contributed by atoms with Gasteiger partial charge in [-0.2, -0.15) is 0 Å². The molecule has 0 unspecified atom stereocenters. The van der Waals surface area contributed by atoms with Gasteiger partial charge in [-0.25, -0.2) is 4.39 Å². The number of ether oxygens (including phenoxy) is 1. The molecule has 2 N–H and O–H groups in total. The van der Waals surface area contributed by atoms with Gasteiger partial charge in [0.05, 0.1) is 17.7 Å². The number of hydrogen-bond acceptors (Lipinski definition) is 5. The summed E-state index contributed by atoms with van der Waals surface area (Å²) in [6, 6.07) is 11.6. The molecular weight excluding hydrogens is 413 g/mol. The SMILES string of the molecule is Cc1ccc(C(=O)NCCNC(=O)Cc2ccc(OCc3c(C)noc3C)cc2)cc1F. The van der Waals surface area contributed by atoms with Gasteiger partial charge in [-0.15, -0.1) is 0 Å². The molecule has 168 valence electrons. The third kappa shape index (κ3) is 6.16. The minimum absolute atomic E-state index is 0.162. The van der Waals surface area contributed by atoms with Gasteiger partial charge in [-0.1, -0.05) is 23.4 Å². The standard InChI is InChI=1S/C24H26FN3O4/c1-15-4-7-19(13-22(15)25)24(30)27-11-10-26-23(29)12-18-5-8-20(9-6-18)31-14-21-16(2)28-32-17(21)3/h4-9,13H,10-12,14H2,1-3H3,(H,26,29)(H,27,30). The van der Waals surface area contributed by atoms with Crippen LogP contribution >= 0.6 is 0 Å². The molecule has 0 aliphatic heterocycles. The molecule has 1 aromatic heterocycles. The second-order valence-corrected chi connectivity index (χ2v) is 7.48. The molecule has 0 spiro atoms. The van der Waals surface area contributed by atoms with E-state index in [4.69, 9.17) is 9.26 Å². The highest BCUT2D eigenvalue weighted by molar-refractivity contribution is 5.94. The van der Waals surface area contributed by atoms with Gasteiger partial charge >= 0.3 is 0 Å². The molecule has 0 atom stereocenters. The second kappa shape index (κ2) is 10.6. The highest BCUT2D eigenvalue weighted by Crippen LogP contribution is 2.18. The molecule has 2 amide bonds. The molecule has 32 heavy (non-hydrogen) atoms. The predicted octanol–water partition coefficient (Wildman–Crippen LogP) is 3.41. The number of nitrogens with zero attached hydrogens (tertiary/aromatic N) is 1. The van der Waals surface area contributed by atoms with Crippen LogP contribution in [-0.4, -0.2) is 30.1 Å². The van der Waals surface area contributed by atoms with E-state index in [2.05, 4.69) is 15.8 Å². The van der Waals surface area contributed by atoms with Crippen molar-refractivity contribution in [3.05, 3.63) is 82.0 Å². The zero-order chi connectivity index (χ0) is 23.1. The minimum atomic E-state index is -0.425. The van der Waals surface area contributed by atoms with Gasteiger partial charge in [-0.05, 0) is 56.2 Å². The molecule has 2 aromatic carbocycles. The first kappa shape index (κ1) is 23.0. The highest BCUT2D eigenvalue weighted by atomic mass is 19.1. The molecule has 0 saturated heterocycles. The average molecular weight is 439 g/mol. The summed E-state index contributed by atoms with van der Waals surface area (Å²) < 4.78 is 24.4. The molecule has 0 aliphatic carbocycles. The van der Waals surface area contributed by atoms with Gasteiger partial charge in [0, 0.05) is 18.7 Å². The van der Waals surface area contributed by atoms with Crippen LogP contribution < -0.4 is 15.4 Å². The summed E-state index contributed by atoms with van der Waals surface area (Å²) in [5.74, 6) is 0.448. The van der Waals surface area contributed by atoms with Crippen LogP contribution in [0.4, 0.5) is 4.39 Å². The summed E-state index contributed by atoms with van der Waals surface area (Å²) in [7, 11) is 0. The van der Waals surface area contributed by atoms with E-state index in [-0.39, 0.29) is 36.9 Å². The van der Waals surface area contributed by atoms with Gasteiger partial charge in [0.2, 0.25) is 5.91 Å². The molecule has 0 fully saturated rings. The number of hydrogen-bond donors (Lipinski definition) is 2. The van der Waals surface area contributed by atoms with Gasteiger partial charge in [0.1, 0.15) is 23.9 Å². The quantitative estimate of drug-likeness (QED) is 0.499. The lowest BCUT2D eigenvalue weighted by molar-refractivity contribution is -0.120. The van der Waals surface area contributed by atoms with Crippen molar-refractivity contribution in [1.82, 2.24) is 15.8 Å². The van der Waals surface area contributed by atoms with Crippen LogP contribution in [0.2, 0.25) is 0 Å². The third-order valence-corrected chi connectivity index (χ3v) is 5.02. The molecular formula is C24H26FN3O4. The highest BCUT2D eigenvalue weighted by Gasteiger charge is 2.10. The molecule has 8 heteroatoms. The monoisotopic (exact) mass is 439 g/mol. The van der Waals surface area contributed by atoms with Crippen molar-refractivity contribution >= 4 is 11.8 Å². The Hall–Kier alpha value is -3.68. The number of carbonyl (C=O) groups is 2. The number of halogens is 1. The van der Waals surface area contributed by atoms with E-state index in [1.807, 2.05) is 38.1 Å². The molecule has 1 heterocycles. The number of aromatic nitrogens is 1. The maximum atomic E-state index is 13.6. The zero-order valence-electron chi connectivity index (χ0n) is 18.3. The minimum Gasteiger partial charge on any atom is -0.489 e. The maximum Gasteiger partial charge on any atom is 0.251 e. The Kier molecular flexibility index (Phi) is 7.59. The Bertz CT molecular complexity index is 1070. The van der Waals surface area contributed by atoms with Crippen LogP contribution in [0.15, 0.2) is 47.0 Å². The number of rotatable bonds is 9. The first-order valence-corrected chi connectivity index (χ1v) is 10.3. The second-order valence-electron chi connectivity index (χ2n) is 7.48. The molecule has 3 rings (SSSR count). The summed E-state index contributed by atoms with van der Waals surface area (Å²) in [6.07, 6.45) is 0.210. The summed E-state index contributed by atoms with van der Waals surface area (Å²) in [5.41, 5.74) is 3.29. The fraction of sp³-hybridized carbons (Fsp3) is 0.292. The third-order valence-electron chi connectivity index (χ3n) is 5.02. The lowest BCUT2D eigenvalue weighted by Gasteiger charge is -2.09. The normalized spacial score (nSPS) is 10.6. The van der Waals surface area contributed by atoms with E-state index in [1.54, 1.807) is 19.1 Å². The maximum absolute atomic E-state index is 13.6. The number of nitrogens with one attached hydrogen (secondary N) is 2. The first-order valence-electron chi connectivity index (χ1n) is 10.3. The largest absolute Gasteiger partial charge is 0.489 e. The lowest BCUT2D eigenvalue weighted by atomic mass is 10.1. The van der Waals surface area contributed by atoms with Crippen molar-refractivity contribution in [2.75, 3.05) is 13.1 Å². The Morgan fingerprint density at radius 1 is 1.03 bits per heavy atom. The smallest absolute Gasteiger partial charge is 0.251 e. The van der Waals surface area contributed by atoms with Crippen LogP contribution in [0, 0.1) is 26.6 Å². The van der Waals surface area contributed by atoms with Gasteiger partial charge in [-0.3, -0.25) is 9.59 Å². The van der Waals surface area contributed by atoms with E-state index in [0.29, 0.717) is 17.9 Å². The Labute approximate surface area is 185 Å². The van der Waals surface area contributed by atoms with Crippen molar-refractivity contribution in [3.8, 4) is 5.75 Å². The van der Waals surface area contributed by atoms with E-state index in [0.717, 1.165) is 22.6 Å². The molecule has 0 bridgehead atoms. The first-order chi connectivity index (χ1) is 15.3. The van der Waals surface area contributed by atoms with Crippen LogP contribution in [0.25, 0.3) is 0 Å². The van der Waals surface area contributed by atoms with Crippen molar-refractivity contribution in [2.45, 2.75) is 33.8 Å². The topological polar surface area (TPSA) is 93.5 Å². The number of benzene rings is 2. The summed E-state index contributed by atoms with van der Waals surface area (Å²) in [5, 5.41) is 9.31. The van der Waals surface area contributed by atoms with Crippen LogP contribution in [0.5, 0.6) is 5.75 Å². The lowest BCUT2D eigenvalue weighted by Crippen LogP contribution is -2.35. The molecule has 0 aliphatic rings. The molecule has 0 saturated carbocycles. The van der Waals surface area contributed by atoms with Crippen molar-refractivity contribution in [2.24, 2.45) is 0 Å². The number of aryl methyl sites for hydroxylation is 3. The molecule has 7 nitrogen and oxygen atoms in total. The van der Waals surface area contributed by atoms with Gasteiger partial charge < -0.3 is 19.9 Å². The average Bonchev–Trinajstić information content (AvgIpc) is 3.10. The van der Waals surface area contributed by atoms with Crippen LogP contribution in [0.1, 0.15) is 38.5 Å². The van der Waals surface area contributed by atoms with E-state index in [9.17, 15) is 14.0 Å². The van der Waals surface area contributed by atoms with E-state index < -0.39 is 5.82 Å². The Balaban J connectivity index is 1.38. The predicted molar refractivity (Wildman–Crippen MR) is 117 cm³/mol. The van der Waals surface area contributed by atoms with Gasteiger partial charge in [0.15, 0.2) is 0 Å².